The number of ether oxygens (including phenoxy) is 1. The second-order valence-corrected chi connectivity index (χ2v) is 9.89. The fourth-order valence-electron chi connectivity index (χ4n) is 5.15. The fourth-order valence-corrected chi connectivity index (χ4v) is 5.15. The van der Waals surface area contributed by atoms with Gasteiger partial charge in [0.05, 0.1) is 5.60 Å². The van der Waals surface area contributed by atoms with Crippen LogP contribution in [0.2, 0.25) is 0 Å². The van der Waals surface area contributed by atoms with Crippen LogP contribution in [0.3, 0.4) is 0 Å². The molecule has 0 aromatic heterocycles. The lowest BCUT2D eigenvalue weighted by atomic mass is 9.81. The lowest BCUT2D eigenvalue weighted by Gasteiger charge is -2.35. The highest BCUT2D eigenvalue weighted by atomic mass is 16.5. The van der Waals surface area contributed by atoms with Gasteiger partial charge in [-0.3, -0.25) is 9.69 Å². The van der Waals surface area contributed by atoms with E-state index in [2.05, 4.69) is 28.4 Å². The normalized spacial score (nSPS) is 22.1. The zero-order valence-corrected chi connectivity index (χ0v) is 18.8. The van der Waals surface area contributed by atoms with Gasteiger partial charge < -0.3 is 15.2 Å². The SMILES string of the molecule is O=C(N[C@H]1CCc2cc(CN3CCCC3)ccc2C1)c1ccc(OCC2(O)CCC2)cc1. The van der Waals surface area contributed by atoms with Gasteiger partial charge in [-0.05, 0) is 105 Å². The first-order valence-corrected chi connectivity index (χ1v) is 12.2. The summed E-state index contributed by atoms with van der Waals surface area (Å²) in [5.41, 5.74) is 4.21. The highest BCUT2D eigenvalue weighted by molar-refractivity contribution is 5.94. The van der Waals surface area contributed by atoms with Crippen LogP contribution < -0.4 is 10.1 Å². The van der Waals surface area contributed by atoms with Crippen LogP contribution in [0.4, 0.5) is 0 Å². The van der Waals surface area contributed by atoms with Crippen LogP contribution in [-0.4, -0.2) is 47.3 Å². The molecule has 170 valence electrons. The number of carbonyl (C=O) groups is 1. The van der Waals surface area contributed by atoms with Crippen LogP contribution in [0.25, 0.3) is 0 Å². The molecule has 1 aliphatic heterocycles. The van der Waals surface area contributed by atoms with E-state index in [4.69, 9.17) is 4.74 Å². The highest BCUT2D eigenvalue weighted by Gasteiger charge is 2.35. The molecule has 5 rings (SSSR count). The molecule has 1 amide bonds. The molecular weight excluding hydrogens is 400 g/mol. The number of hydrogen-bond acceptors (Lipinski definition) is 4. The van der Waals surface area contributed by atoms with Gasteiger partial charge in [-0.1, -0.05) is 18.2 Å². The monoisotopic (exact) mass is 434 g/mol. The molecule has 5 heteroatoms. The summed E-state index contributed by atoms with van der Waals surface area (Å²) in [4.78, 5) is 15.3. The largest absolute Gasteiger partial charge is 0.491 e. The highest BCUT2D eigenvalue weighted by Crippen LogP contribution is 2.32. The van der Waals surface area contributed by atoms with Gasteiger partial charge >= 0.3 is 0 Å². The Kier molecular flexibility index (Phi) is 6.20. The van der Waals surface area contributed by atoms with E-state index in [0.717, 1.165) is 45.1 Å². The van der Waals surface area contributed by atoms with Crippen LogP contribution in [0.1, 0.15) is 65.6 Å². The standard InChI is InChI=1S/C27H34N2O3/c30-26(21-7-10-25(11-8-21)32-19-27(31)12-3-13-27)28-24-9-6-22-16-20(4-5-23(22)17-24)18-29-14-1-2-15-29/h4-5,7-8,10-11,16,24,31H,1-3,6,9,12-15,17-19H2,(H,28,30)/t24-/m0/s1. The van der Waals surface area contributed by atoms with Crippen molar-refractivity contribution in [3.63, 3.8) is 0 Å². The number of fused-ring (bicyclic) bond motifs is 1. The van der Waals surface area contributed by atoms with Gasteiger partial charge in [-0.15, -0.1) is 0 Å². The number of aryl methyl sites for hydroxylation is 1. The van der Waals surface area contributed by atoms with E-state index in [0.29, 0.717) is 17.9 Å². The van der Waals surface area contributed by atoms with Crippen LogP contribution in [-0.2, 0) is 19.4 Å². The van der Waals surface area contributed by atoms with Crippen molar-refractivity contribution >= 4 is 5.91 Å². The fraction of sp³-hybridized carbons (Fsp3) is 0.519. The molecule has 1 heterocycles. The number of benzene rings is 2. The first kappa shape index (κ1) is 21.5. The Morgan fingerprint density at radius 3 is 2.56 bits per heavy atom. The number of nitrogens with zero attached hydrogens (tertiary/aromatic N) is 1. The lowest BCUT2D eigenvalue weighted by molar-refractivity contribution is -0.0663. The van der Waals surface area contributed by atoms with Crippen LogP contribution in [0, 0.1) is 0 Å². The maximum Gasteiger partial charge on any atom is 0.251 e. The molecule has 0 spiro atoms. The average Bonchev–Trinajstić information content (AvgIpc) is 3.30. The third-order valence-corrected chi connectivity index (χ3v) is 7.35. The van der Waals surface area contributed by atoms with Gasteiger partial charge in [-0.25, -0.2) is 0 Å². The molecule has 32 heavy (non-hydrogen) atoms. The second kappa shape index (κ2) is 9.24. The van der Waals surface area contributed by atoms with E-state index >= 15 is 0 Å². The van der Waals surface area contributed by atoms with E-state index in [9.17, 15) is 9.90 Å². The summed E-state index contributed by atoms with van der Waals surface area (Å²) in [5, 5.41) is 13.4. The van der Waals surface area contributed by atoms with Gasteiger partial charge in [0.25, 0.3) is 5.91 Å². The molecule has 2 aliphatic carbocycles. The zero-order valence-electron chi connectivity index (χ0n) is 18.8. The molecule has 1 atom stereocenters. The third-order valence-electron chi connectivity index (χ3n) is 7.35. The molecular formula is C27H34N2O3. The summed E-state index contributed by atoms with van der Waals surface area (Å²) in [6.45, 7) is 3.83. The smallest absolute Gasteiger partial charge is 0.251 e. The minimum absolute atomic E-state index is 0.0340. The molecule has 2 fully saturated rings. The molecule has 1 saturated carbocycles. The van der Waals surface area contributed by atoms with Crippen molar-refractivity contribution in [2.24, 2.45) is 0 Å². The van der Waals surface area contributed by atoms with Gasteiger partial charge in [0, 0.05) is 18.2 Å². The quantitative estimate of drug-likeness (QED) is 0.695. The maximum absolute atomic E-state index is 12.8. The van der Waals surface area contributed by atoms with Crippen molar-refractivity contribution in [2.45, 2.75) is 69.6 Å². The van der Waals surface area contributed by atoms with Gasteiger partial charge in [-0.2, -0.15) is 0 Å². The molecule has 1 saturated heterocycles. The van der Waals surface area contributed by atoms with Crippen molar-refractivity contribution in [1.29, 1.82) is 0 Å². The Bertz CT molecular complexity index is 946. The topological polar surface area (TPSA) is 61.8 Å². The molecule has 5 nitrogen and oxygen atoms in total. The lowest BCUT2D eigenvalue weighted by Crippen LogP contribution is -2.42. The van der Waals surface area contributed by atoms with E-state index in [1.165, 1.54) is 42.6 Å². The summed E-state index contributed by atoms with van der Waals surface area (Å²) in [6, 6.07) is 14.3. The molecule has 0 radical (unpaired) electrons. The summed E-state index contributed by atoms with van der Waals surface area (Å²) in [7, 11) is 0. The molecule has 3 aliphatic rings. The van der Waals surface area contributed by atoms with Crippen molar-refractivity contribution in [3.8, 4) is 5.75 Å². The van der Waals surface area contributed by atoms with Gasteiger partial charge in [0.15, 0.2) is 0 Å². The average molecular weight is 435 g/mol. The first-order chi connectivity index (χ1) is 15.6. The van der Waals surface area contributed by atoms with Crippen LogP contribution in [0.15, 0.2) is 42.5 Å². The van der Waals surface area contributed by atoms with Gasteiger partial charge in [0.2, 0.25) is 0 Å². The molecule has 2 N–H and O–H groups in total. The molecule has 2 aromatic rings. The number of carbonyl (C=O) groups excluding carboxylic acids is 1. The van der Waals surface area contributed by atoms with Crippen LogP contribution in [0.5, 0.6) is 5.75 Å². The Balaban J connectivity index is 1.13. The number of hydrogen-bond donors (Lipinski definition) is 2. The summed E-state index contributed by atoms with van der Waals surface area (Å²) in [6.07, 6.45) is 8.21. The molecule has 0 unspecified atom stereocenters. The minimum atomic E-state index is -0.664. The Hall–Kier alpha value is -2.37. The number of rotatable bonds is 7. The number of amides is 1. The van der Waals surface area contributed by atoms with Crippen molar-refractivity contribution < 1.29 is 14.6 Å². The predicted octanol–water partition coefficient (Wildman–Crippen LogP) is 3.86. The predicted molar refractivity (Wildman–Crippen MR) is 125 cm³/mol. The van der Waals surface area contributed by atoms with Gasteiger partial charge in [0.1, 0.15) is 12.4 Å². The zero-order chi connectivity index (χ0) is 22.0. The third kappa shape index (κ3) is 5.00. The van der Waals surface area contributed by atoms with E-state index in [1.54, 1.807) is 12.1 Å². The molecule has 0 bridgehead atoms. The minimum Gasteiger partial charge on any atom is -0.491 e. The van der Waals surface area contributed by atoms with Crippen molar-refractivity contribution in [1.82, 2.24) is 10.2 Å². The Morgan fingerprint density at radius 1 is 1.06 bits per heavy atom. The van der Waals surface area contributed by atoms with E-state index in [-0.39, 0.29) is 11.9 Å². The summed E-state index contributed by atoms with van der Waals surface area (Å²) in [5.74, 6) is 0.659. The van der Waals surface area contributed by atoms with E-state index < -0.39 is 5.60 Å². The summed E-state index contributed by atoms with van der Waals surface area (Å²) >= 11 is 0. The Morgan fingerprint density at radius 2 is 1.84 bits per heavy atom. The first-order valence-electron chi connectivity index (χ1n) is 12.2. The van der Waals surface area contributed by atoms with Crippen molar-refractivity contribution in [3.05, 3.63) is 64.7 Å². The number of nitrogens with one attached hydrogen (secondary N) is 1. The van der Waals surface area contributed by atoms with Crippen molar-refractivity contribution in [2.75, 3.05) is 19.7 Å². The summed E-state index contributed by atoms with van der Waals surface area (Å²) < 4.78 is 5.70. The number of likely N-dealkylation sites (tertiary alicyclic amines) is 1. The second-order valence-electron chi connectivity index (χ2n) is 9.89. The van der Waals surface area contributed by atoms with Crippen LogP contribution >= 0.6 is 0 Å². The number of aliphatic hydroxyl groups is 1. The Labute approximate surface area is 190 Å². The maximum atomic E-state index is 12.8. The molecule has 2 aromatic carbocycles. The van der Waals surface area contributed by atoms with E-state index in [1.807, 2.05) is 12.1 Å².